The van der Waals surface area contributed by atoms with Gasteiger partial charge in [0.15, 0.2) is 0 Å². The van der Waals surface area contributed by atoms with Crippen LogP contribution in [0, 0.1) is 11.3 Å². The maximum Gasteiger partial charge on any atom is 0.230 e. The van der Waals surface area contributed by atoms with Gasteiger partial charge in [-0.25, -0.2) is 0 Å². The molecule has 1 atom stereocenters. The zero-order valence-corrected chi connectivity index (χ0v) is 12.5. The summed E-state index contributed by atoms with van der Waals surface area (Å²) in [5, 5.41) is 8.77. The van der Waals surface area contributed by atoms with Crippen LogP contribution in [0.2, 0.25) is 0 Å². The second kappa shape index (κ2) is 7.80. The van der Waals surface area contributed by atoms with Crippen LogP contribution in [0.5, 0.6) is 0 Å². The lowest BCUT2D eigenvalue weighted by Crippen LogP contribution is -2.39. The molecule has 1 amide bonds. The first kappa shape index (κ1) is 15.5. The van der Waals surface area contributed by atoms with Crippen LogP contribution in [-0.2, 0) is 16.0 Å². The third-order valence-corrected chi connectivity index (χ3v) is 4.04. The van der Waals surface area contributed by atoms with Gasteiger partial charge in [-0.3, -0.25) is 4.79 Å². The minimum atomic E-state index is -0.0644. The number of hydrogen-bond acceptors (Lipinski definition) is 3. The van der Waals surface area contributed by atoms with E-state index in [4.69, 9.17) is 10.00 Å². The highest BCUT2D eigenvalue weighted by atomic mass is 16.5. The van der Waals surface area contributed by atoms with Gasteiger partial charge < -0.3 is 9.64 Å². The molecule has 0 saturated carbocycles. The van der Waals surface area contributed by atoms with Crippen LogP contribution in [0.3, 0.4) is 0 Å². The summed E-state index contributed by atoms with van der Waals surface area (Å²) in [6.45, 7) is 1.54. The standard InChI is InChI=1S/C17H22N2O2/c1-21-13-12-19(11-5-10-18)17(20)16-9-4-7-14-6-2-3-8-15(14)16/h2-3,6,8,16H,4-5,7,9,11-13H2,1H3. The van der Waals surface area contributed by atoms with Gasteiger partial charge in [0.2, 0.25) is 5.91 Å². The summed E-state index contributed by atoms with van der Waals surface area (Å²) in [7, 11) is 1.63. The van der Waals surface area contributed by atoms with Crippen molar-refractivity contribution in [1.82, 2.24) is 4.90 Å². The maximum absolute atomic E-state index is 12.8. The van der Waals surface area contributed by atoms with E-state index < -0.39 is 0 Å². The third kappa shape index (κ3) is 3.83. The number of hydrogen-bond donors (Lipinski definition) is 0. The van der Waals surface area contributed by atoms with Crippen LogP contribution in [0.1, 0.15) is 36.3 Å². The van der Waals surface area contributed by atoms with Crippen LogP contribution in [0.4, 0.5) is 0 Å². The Hall–Kier alpha value is -1.86. The van der Waals surface area contributed by atoms with Gasteiger partial charge in [-0.1, -0.05) is 24.3 Å². The Labute approximate surface area is 126 Å². The van der Waals surface area contributed by atoms with Crippen LogP contribution in [-0.4, -0.2) is 37.6 Å². The molecule has 1 unspecified atom stereocenters. The Morgan fingerprint density at radius 3 is 3.00 bits per heavy atom. The summed E-state index contributed by atoms with van der Waals surface area (Å²) >= 11 is 0. The number of nitriles is 1. The molecule has 4 heteroatoms. The van der Waals surface area contributed by atoms with E-state index >= 15 is 0 Å². The molecular weight excluding hydrogens is 264 g/mol. The number of rotatable bonds is 6. The molecule has 0 saturated heterocycles. The summed E-state index contributed by atoms with van der Waals surface area (Å²) in [6.07, 6.45) is 3.36. The Morgan fingerprint density at radius 1 is 1.43 bits per heavy atom. The summed E-state index contributed by atoms with van der Waals surface area (Å²) in [4.78, 5) is 14.6. The maximum atomic E-state index is 12.8. The van der Waals surface area contributed by atoms with E-state index in [1.54, 1.807) is 12.0 Å². The lowest BCUT2D eigenvalue weighted by Gasteiger charge is -2.30. The number of methoxy groups -OCH3 is 1. The highest BCUT2D eigenvalue weighted by Crippen LogP contribution is 2.32. The Kier molecular flexibility index (Phi) is 5.77. The summed E-state index contributed by atoms with van der Waals surface area (Å²) in [5.74, 6) is 0.0694. The summed E-state index contributed by atoms with van der Waals surface area (Å²) in [6, 6.07) is 10.3. The molecule has 0 radical (unpaired) electrons. The number of fused-ring (bicyclic) bond motifs is 1. The molecule has 0 heterocycles. The zero-order chi connectivity index (χ0) is 15.1. The average molecular weight is 286 g/mol. The van der Waals surface area contributed by atoms with Crippen molar-refractivity contribution < 1.29 is 9.53 Å². The first-order chi connectivity index (χ1) is 10.3. The molecule has 1 aliphatic carbocycles. The van der Waals surface area contributed by atoms with Crippen molar-refractivity contribution in [3.05, 3.63) is 35.4 Å². The zero-order valence-electron chi connectivity index (χ0n) is 12.5. The second-order valence-corrected chi connectivity index (χ2v) is 5.37. The van der Waals surface area contributed by atoms with Gasteiger partial charge >= 0.3 is 0 Å². The van der Waals surface area contributed by atoms with Gasteiger partial charge in [-0.2, -0.15) is 5.26 Å². The largest absolute Gasteiger partial charge is 0.383 e. The van der Waals surface area contributed by atoms with E-state index in [0.29, 0.717) is 26.1 Å². The van der Waals surface area contributed by atoms with Gasteiger partial charge in [-0.05, 0) is 30.4 Å². The fourth-order valence-corrected chi connectivity index (χ4v) is 2.95. The van der Waals surface area contributed by atoms with Crippen molar-refractivity contribution in [3.63, 3.8) is 0 Å². The Morgan fingerprint density at radius 2 is 2.24 bits per heavy atom. The predicted octanol–water partition coefficient (Wildman–Crippen LogP) is 2.50. The van der Waals surface area contributed by atoms with E-state index in [2.05, 4.69) is 18.2 Å². The van der Waals surface area contributed by atoms with Gasteiger partial charge in [0.1, 0.15) is 0 Å². The SMILES string of the molecule is COCCN(CCC#N)C(=O)C1CCCc2ccccc21. The van der Waals surface area contributed by atoms with E-state index in [-0.39, 0.29) is 11.8 Å². The quantitative estimate of drug-likeness (QED) is 0.807. The van der Waals surface area contributed by atoms with E-state index in [0.717, 1.165) is 24.8 Å². The minimum Gasteiger partial charge on any atom is -0.383 e. The van der Waals surface area contributed by atoms with Gasteiger partial charge in [0, 0.05) is 20.2 Å². The number of benzene rings is 1. The first-order valence-electron chi connectivity index (χ1n) is 7.50. The smallest absolute Gasteiger partial charge is 0.230 e. The molecule has 4 nitrogen and oxygen atoms in total. The topological polar surface area (TPSA) is 53.3 Å². The molecule has 0 aliphatic heterocycles. The van der Waals surface area contributed by atoms with Crippen molar-refractivity contribution in [2.24, 2.45) is 0 Å². The fraction of sp³-hybridized carbons (Fsp3) is 0.529. The first-order valence-corrected chi connectivity index (χ1v) is 7.50. The number of nitrogens with zero attached hydrogens (tertiary/aromatic N) is 2. The van der Waals surface area contributed by atoms with E-state index in [9.17, 15) is 4.79 Å². The number of ether oxygens (including phenoxy) is 1. The second-order valence-electron chi connectivity index (χ2n) is 5.37. The van der Waals surface area contributed by atoms with Crippen LogP contribution in [0.25, 0.3) is 0 Å². The van der Waals surface area contributed by atoms with Crippen molar-refractivity contribution in [2.45, 2.75) is 31.6 Å². The summed E-state index contributed by atoms with van der Waals surface area (Å²) < 4.78 is 5.08. The molecule has 0 bridgehead atoms. The molecule has 112 valence electrons. The highest BCUT2D eigenvalue weighted by molar-refractivity contribution is 5.84. The van der Waals surface area contributed by atoms with Crippen molar-refractivity contribution in [1.29, 1.82) is 5.26 Å². The lowest BCUT2D eigenvalue weighted by molar-refractivity contribution is -0.133. The molecular formula is C17H22N2O2. The fourth-order valence-electron chi connectivity index (χ4n) is 2.95. The monoisotopic (exact) mass is 286 g/mol. The molecule has 1 aliphatic rings. The normalized spacial score (nSPS) is 16.9. The van der Waals surface area contributed by atoms with Crippen LogP contribution in [0.15, 0.2) is 24.3 Å². The molecule has 0 N–H and O–H groups in total. The number of carbonyl (C=O) groups is 1. The van der Waals surface area contributed by atoms with Gasteiger partial charge in [0.05, 0.1) is 25.0 Å². The van der Waals surface area contributed by atoms with Crippen molar-refractivity contribution in [2.75, 3.05) is 26.8 Å². The molecule has 0 spiro atoms. The van der Waals surface area contributed by atoms with Gasteiger partial charge in [0.25, 0.3) is 0 Å². The average Bonchev–Trinajstić information content (AvgIpc) is 2.54. The lowest BCUT2D eigenvalue weighted by atomic mass is 9.82. The molecule has 2 rings (SSSR count). The van der Waals surface area contributed by atoms with Crippen LogP contribution >= 0.6 is 0 Å². The summed E-state index contributed by atoms with van der Waals surface area (Å²) in [5.41, 5.74) is 2.45. The van der Waals surface area contributed by atoms with Crippen LogP contribution < -0.4 is 0 Å². The Balaban J connectivity index is 2.15. The third-order valence-electron chi connectivity index (χ3n) is 4.04. The molecule has 1 aromatic rings. The highest BCUT2D eigenvalue weighted by Gasteiger charge is 2.29. The Bertz CT molecular complexity index is 522. The molecule has 0 fully saturated rings. The molecule has 21 heavy (non-hydrogen) atoms. The number of amides is 1. The minimum absolute atomic E-state index is 0.0644. The van der Waals surface area contributed by atoms with E-state index in [1.165, 1.54) is 5.56 Å². The number of carbonyl (C=O) groups excluding carboxylic acids is 1. The molecule has 0 aromatic heterocycles. The van der Waals surface area contributed by atoms with Crippen molar-refractivity contribution in [3.8, 4) is 6.07 Å². The predicted molar refractivity (Wildman–Crippen MR) is 80.8 cm³/mol. The van der Waals surface area contributed by atoms with Gasteiger partial charge in [-0.15, -0.1) is 0 Å². The van der Waals surface area contributed by atoms with Crippen molar-refractivity contribution >= 4 is 5.91 Å². The molecule has 1 aromatic carbocycles. The number of aryl methyl sites for hydroxylation is 1. The van der Waals surface area contributed by atoms with E-state index in [1.807, 2.05) is 12.1 Å².